The van der Waals surface area contributed by atoms with Gasteiger partial charge in [0.25, 0.3) is 0 Å². The standard InChI is InChI=1S/C15H22N2O/c1-4-16-15(13-6-5-7-18-10-13)14-12(3)8-11(2)9-17-14/h8-10,15-16H,4-7H2,1-3H3. The van der Waals surface area contributed by atoms with Crippen LogP contribution in [0.2, 0.25) is 0 Å². The summed E-state index contributed by atoms with van der Waals surface area (Å²) in [5.74, 6) is 0. The van der Waals surface area contributed by atoms with E-state index in [-0.39, 0.29) is 6.04 Å². The first-order valence-electron chi connectivity index (χ1n) is 6.69. The monoisotopic (exact) mass is 246 g/mol. The fourth-order valence-electron chi connectivity index (χ4n) is 2.43. The molecule has 2 heterocycles. The number of hydrogen-bond donors (Lipinski definition) is 1. The molecule has 0 saturated carbocycles. The zero-order chi connectivity index (χ0) is 13.0. The molecule has 2 rings (SSSR count). The van der Waals surface area contributed by atoms with E-state index in [2.05, 4.69) is 37.1 Å². The van der Waals surface area contributed by atoms with Gasteiger partial charge in [-0.05, 0) is 49.9 Å². The fourth-order valence-corrected chi connectivity index (χ4v) is 2.43. The van der Waals surface area contributed by atoms with Gasteiger partial charge in [0, 0.05) is 6.20 Å². The van der Waals surface area contributed by atoms with Crippen LogP contribution in [0.1, 0.15) is 42.6 Å². The molecule has 1 atom stereocenters. The zero-order valence-electron chi connectivity index (χ0n) is 11.5. The number of hydrogen-bond acceptors (Lipinski definition) is 3. The van der Waals surface area contributed by atoms with Crippen LogP contribution in [0.3, 0.4) is 0 Å². The topological polar surface area (TPSA) is 34.1 Å². The number of ether oxygens (including phenoxy) is 1. The highest BCUT2D eigenvalue weighted by molar-refractivity contribution is 5.31. The van der Waals surface area contributed by atoms with E-state index >= 15 is 0 Å². The summed E-state index contributed by atoms with van der Waals surface area (Å²) in [6.07, 6.45) is 6.04. The van der Waals surface area contributed by atoms with Crippen LogP contribution in [-0.4, -0.2) is 18.1 Å². The van der Waals surface area contributed by atoms with E-state index in [1.807, 2.05) is 12.5 Å². The molecule has 1 N–H and O–H groups in total. The lowest BCUT2D eigenvalue weighted by atomic mass is 9.96. The van der Waals surface area contributed by atoms with E-state index in [9.17, 15) is 0 Å². The van der Waals surface area contributed by atoms with Crippen molar-refractivity contribution in [1.29, 1.82) is 0 Å². The van der Waals surface area contributed by atoms with Crippen molar-refractivity contribution in [3.8, 4) is 0 Å². The summed E-state index contributed by atoms with van der Waals surface area (Å²) in [5.41, 5.74) is 4.88. The van der Waals surface area contributed by atoms with Gasteiger partial charge in [0.1, 0.15) is 0 Å². The highest BCUT2D eigenvalue weighted by Gasteiger charge is 2.21. The second-order valence-electron chi connectivity index (χ2n) is 4.87. The average molecular weight is 246 g/mol. The fraction of sp³-hybridized carbons (Fsp3) is 0.533. The van der Waals surface area contributed by atoms with Crippen LogP contribution >= 0.6 is 0 Å². The second-order valence-corrected chi connectivity index (χ2v) is 4.87. The molecule has 3 nitrogen and oxygen atoms in total. The van der Waals surface area contributed by atoms with E-state index in [1.165, 1.54) is 16.7 Å². The van der Waals surface area contributed by atoms with Crippen molar-refractivity contribution in [2.24, 2.45) is 0 Å². The number of pyridine rings is 1. The predicted octanol–water partition coefficient (Wildman–Crippen LogP) is 3.04. The maximum atomic E-state index is 5.46. The SMILES string of the molecule is CCNC(C1=COCCC1)c1ncc(C)cc1C. The molecule has 98 valence electrons. The first-order chi connectivity index (χ1) is 8.72. The predicted molar refractivity (Wildman–Crippen MR) is 73.4 cm³/mol. The van der Waals surface area contributed by atoms with Crippen LogP contribution in [0.15, 0.2) is 24.1 Å². The zero-order valence-corrected chi connectivity index (χ0v) is 11.5. The Labute approximate surface area is 109 Å². The molecule has 0 radical (unpaired) electrons. The highest BCUT2D eigenvalue weighted by Crippen LogP contribution is 2.28. The number of rotatable bonds is 4. The highest BCUT2D eigenvalue weighted by atomic mass is 16.5. The minimum absolute atomic E-state index is 0.191. The number of likely N-dealkylation sites (N-methyl/N-ethyl adjacent to an activating group) is 1. The van der Waals surface area contributed by atoms with E-state index < -0.39 is 0 Å². The summed E-state index contributed by atoms with van der Waals surface area (Å²) in [4.78, 5) is 4.61. The molecule has 1 aliphatic rings. The van der Waals surface area contributed by atoms with Crippen molar-refractivity contribution < 1.29 is 4.74 Å². The summed E-state index contributed by atoms with van der Waals surface area (Å²) < 4.78 is 5.46. The summed E-state index contributed by atoms with van der Waals surface area (Å²) >= 11 is 0. The maximum Gasteiger partial charge on any atom is 0.0876 e. The molecular weight excluding hydrogens is 224 g/mol. The van der Waals surface area contributed by atoms with Gasteiger partial charge in [0.15, 0.2) is 0 Å². The molecule has 0 aromatic carbocycles. The van der Waals surface area contributed by atoms with Gasteiger partial charge in [-0.1, -0.05) is 13.0 Å². The van der Waals surface area contributed by atoms with Gasteiger partial charge in [-0.2, -0.15) is 0 Å². The van der Waals surface area contributed by atoms with Gasteiger partial charge in [-0.15, -0.1) is 0 Å². The maximum absolute atomic E-state index is 5.46. The van der Waals surface area contributed by atoms with Crippen LogP contribution in [0.25, 0.3) is 0 Å². The smallest absolute Gasteiger partial charge is 0.0876 e. The van der Waals surface area contributed by atoms with Gasteiger partial charge >= 0.3 is 0 Å². The van der Waals surface area contributed by atoms with Crippen LogP contribution in [0, 0.1) is 13.8 Å². The normalized spacial score (nSPS) is 16.9. The third kappa shape index (κ3) is 2.91. The molecule has 1 aromatic heterocycles. The van der Waals surface area contributed by atoms with Crippen molar-refractivity contribution in [2.45, 2.75) is 39.7 Å². The Kier molecular flexibility index (Phi) is 4.37. The van der Waals surface area contributed by atoms with E-state index in [0.717, 1.165) is 31.7 Å². The first kappa shape index (κ1) is 13.1. The van der Waals surface area contributed by atoms with E-state index in [1.54, 1.807) is 0 Å². The largest absolute Gasteiger partial charge is 0.501 e. The molecule has 0 amide bonds. The van der Waals surface area contributed by atoms with E-state index in [4.69, 9.17) is 4.74 Å². The summed E-state index contributed by atoms with van der Waals surface area (Å²) in [5, 5.41) is 3.52. The summed E-state index contributed by atoms with van der Waals surface area (Å²) in [6, 6.07) is 2.38. The Hall–Kier alpha value is -1.35. The van der Waals surface area contributed by atoms with Crippen molar-refractivity contribution in [3.63, 3.8) is 0 Å². The molecular formula is C15H22N2O. The number of nitrogens with zero attached hydrogens (tertiary/aromatic N) is 1. The molecule has 0 spiro atoms. The molecule has 0 aliphatic carbocycles. The Bertz CT molecular complexity index is 440. The Balaban J connectivity index is 2.31. The van der Waals surface area contributed by atoms with Gasteiger partial charge < -0.3 is 10.1 Å². The Morgan fingerprint density at radius 1 is 1.44 bits per heavy atom. The van der Waals surface area contributed by atoms with Gasteiger partial charge in [0.2, 0.25) is 0 Å². The summed E-state index contributed by atoms with van der Waals surface area (Å²) in [7, 11) is 0. The Morgan fingerprint density at radius 3 is 2.89 bits per heavy atom. The second kappa shape index (κ2) is 6.01. The lowest BCUT2D eigenvalue weighted by Crippen LogP contribution is -2.26. The van der Waals surface area contributed by atoms with Crippen molar-refractivity contribution in [2.75, 3.05) is 13.2 Å². The Morgan fingerprint density at radius 2 is 2.28 bits per heavy atom. The molecule has 1 aliphatic heterocycles. The van der Waals surface area contributed by atoms with Crippen molar-refractivity contribution in [1.82, 2.24) is 10.3 Å². The van der Waals surface area contributed by atoms with Crippen molar-refractivity contribution >= 4 is 0 Å². The van der Waals surface area contributed by atoms with Crippen molar-refractivity contribution in [3.05, 3.63) is 40.9 Å². The average Bonchev–Trinajstić information content (AvgIpc) is 2.38. The number of nitrogens with one attached hydrogen (secondary N) is 1. The molecule has 0 saturated heterocycles. The van der Waals surface area contributed by atoms with Gasteiger partial charge in [-0.25, -0.2) is 0 Å². The first-order valence-corrected chi connectivity index (χ1v) is 6.69. The van der Waals surface area contributed by atoms with Crippen LogP contribution < -0.4 is 5.32 Å². The molecule has 0 fully saturated rings. The van der Waals surface area contributed by atoms with Crippen LogP contribution in [0.4, 0.5) is 0 Å². The summed E-state index contributed by atoms with van der Waals surface area (Å²) in [6.45, 7) is 8.10. The van der Waals surface area contributed by atoms with Gasteiger partial charge in [-0.3, -0.25) is 4.98 Å². The molecule has 18 heavy (non-hydrogen) atoms. The third-order valence-corrected chi connectivity index (χ3v) is 3.27. The minimum atomic E-state index is 0.191. The number of aryl methyl sites for hydroxylation is 2. The lowest BCUT2D eigenvalue weighted by Gasteiger charge is -2.24. The quantitative estimate of drug-likeness (QED) is 0.886. The van der Waals surface area contributed by atoms with E-state index in [0.29, 0.717) is 0 Å². The minimum Gasteiger partial charge on any atom is -0.501 e. The molecule has 1 aromatic rings. The third-order valence-electron chi connectivity index (χ3n) is 3.27. The number of aromatic nitrogens is 1. The molecule has 0 bridgehead atoms. The van der Waals surface area contributed by atoms with Crippen LogP contribution in [0.5, 0.6) is 0 Å². The molecule has 1 unspecified atom stereocenters. The van der Waals surface area contributed by atoms with Crippen LogP contribution in [-0.2, 0) is 4.74 Å². The lowest BCUT2D eigenvalue weighted by molar-refractivity contribution is 0.219. The van der Waals surface area contributed by atoms with Gasteiger partial charge in [0.05, 0.1) is 24.6 Å². The molecule has 3 heteroatoms.